The summed E-state index contributed by atoms with van der Waals surface area (Å²) in [6, 6.07) is 4.46. The lowest BCUT2D eigenvalue weighted by atomic mass is 10.1. The van der Waals surface area contributed by atoms with Gasteiger partial charge in [0.15, 0.2) is 11.4 Å². The van der Waals surface area contributed by atoms with Crippen molar-refractivity contribution in [3.63, 3.8) is 0 Å². The molecular weight excluding hydrogens is 409 g/mol. The van der Waals surface area contributed by atoms with Crippen molar-refractivity contribution in [2.24, 2.45) is 7.05 Å². The molecule has 2 aromatic heterocycles. The van der Waals surface area contributed by atoms with Gasteiger partial charge in [0, 0.05) is 24.2 Å². The maximum atomic E-state index is 12.2. The Labute approximate surface area is 166 Å². The normalized spacial score (nSPS) is 13.5. The number of benzene rings is 1. The molecule has 0 aliphatic heterocycles. The van der Waals surface area contributed by atoms with Crippen molar-refractivity contribution in [1.82, 2.24) is 25.0 Å². The molecular formula is C17H13Cl2N5O4. The highest BCUT2D eigenvalue weighted by atomic mass is 35.5. The first-order chi connectivity index (χ1) is 13.3. The average molecular weight is 422 g/mol. The molecule has 2 N–H and O–H groups in total. The first kappa shape index (κ1) is 18.5. The van der Waals surface area contributed by atoms with Gasteiger partial charge in [0.2, 0.25) is 5.88 Å². The molecule has 2 heterocycles. The Morgan fingerprint density at radius 1 is 1.14 bits per heavy atom. The van der Waals surface area contributed by atoms with Crippen LogP contribution in [0.25, 0.3) is 11.3 Å². The van der Waals surface area contributed by atoms with Gasteiger partial charge in [0.05, 0.1) is 10.0 Å². The number of ether oxygens (including phenoxy) is 1. The first-order valence-corrected chi connectivity index (χ1v) is 9.03. The van der Waals surface area contributed by atoms with E-state index >= 15 is 0 Å². The predicted molar refractivity (Wildman–Crippen MR) is 102 cm³/mol. The van der Waals surface area contributed by atoms with Gasteiger partial charge in [-0.2, -0.15) is 5.10 Å². The number of aryl methyl sites for hydroxylation is 1. The van der Waals surface area contributed by atoms with Crippen LogP contribution in [-0.4, -0.2) is 25.0 Å². The highest BCUT2D eigenvalue weighted by Gasteiger charge is 2.28. The second-order valence-electron chi connectivity index (χ2n) is 6.37. The number of aromatic amines is 2. The summed E-state index contributed by atoms with van der Waals surface area (Å²) in [6.45, 7) is 0. The van der Waals surface area contributed by atoms with Crippen molar-refractivity contribution in [3.05, 3.63) is 65.0 Å². The summed E-state index contributed by atoms with van der Waals surface area (Å²) in [7, 11) is 1.54. The van der Waals surface area contributed by atoms with E-state index < -0.39 is 11.2 Å². The summed E-state index contributed by atoms with van der Waals surface area (Å²) in [6.07, 6.45) is 1.91. The van der Waals surface area contributed by atoms with Crippen LogP contribution in [0.3, 0.4) is 0 Å². The van der Waals surface area contributed by atoms with E-state index in [0.717, 1.165) is 12.8 Å². The molecule has 0 unspecified atom stereocenters. The standard InChI is InChI=1S/C17H13Cl2N5O4/c1-24-16(26)9(7-2-3-7)6-12(23-24)28-14-10(18)4-8(5-11(14)19)13-15(25)20-17(27)22-21-13/h4-7H,2-3H2,1H3,(H2,20,22,25,27). The summed E-state index contributed by atoms with van der Waals surface area (Å²) in [5, 5.41) is 10.2. The van der Waals surface area contributed by atoms with Gasteiger partial charge in [-0.3, -0.25) is 14.6 Å². The van der Waals surface area contributed by atoms with Crippen molar-refractivity contribution >= 4 is 23.2 Å². The summed E-state index contributed by atoms with van der Waals surface area (Å²) >= 11 is 12.6. The fraction of sp³-hybridized carbons (Fsp3) is 0.235. The lowest BCUT2D eigenvalue weighted by Crippen LogP contribution is -2.25. The molecule has 1 aromatic carbocycles. The lowest BCUT2D eigenvalue weighted by Gasteiger charge is -2.12. The fourth-order valence-electron chi connectivity index (χ4n) is 2.78. The second-order valence-corrected chi connectivity index (χ2v) is 7.18. The Morgan fingerprint density at radius 3 is 2.43 bits per heavy atom. The van der Waals surface area contributed by atoms with Crippen LogP contribution in [0.4, 0.5) is 0 Å². The average Bonchev–Trinajstić information content (AvgIpc) is 3.45. The number of nitrogens with zero attached hydrogens (tertiary/aromatic N) is 3. The molecule has 1 saturated carbocycles. The minimum Gasteiger partial charge on any atom is -0.434 e. The Morgan fingerprint density at radius 2 is 1.82 bits per heavy atom. The zero-order chi connectivity index (χ0) is 20.0. The van der Waals surface area contributed by atoms with Crippen molar-refractivity contribution < 1.29 is 4.74 Å². The maximum Gasteiger partial charge on any atom is 0.342 e. The van der Waals surface area contributed by atoms with E-state index in [0.29, 0.717) is 11.1 Å². The third kappa shape index (κ3) is 3.46. The molecule has 28 heavy (non-hydrogen) atoms. The number of nitrogens with one attached hydrogen (secondary N) is 2. The zero-order valence-corrected chi connectivity index (χ0v) is 16.0. The Hall–Kier alpha value is -2.91. The van der Waals surface area contributed by atoms with Crippen LogP contribution in [0.5, 0.6) is 11.6 Å². The molecule has 0 atom stereocenters. The fourth-order valence-corrected chi connectivity index (χ4v) is 3.35. The van der Waals surface area contributed by atoms with Gasteiger partial charge in [-0.05, 0) is 30.9 Å². The number of aromatic nitrogens is 5. The summed E-state index contributed by atoms with van der Waals surface area (Å²) in [5.41, 5.74) is -0.680. The molecule has 0 bridgehead atoms. The number of rotatable bonds is 4. The third-order valence-electron chi connectivity index (χ3n) is 4.28. The van der Waals surface area contributed by atoms with Crippen LogP contribution in [-0.2, 0) is 7.05 Å². The van der Waals surface area contributed by atoms with Gasteiger partial charge in [-0.25, -0.2) is 14.6 Å². The smallest absolute Gasteiger partial charge is 0.342 e. The summed E-state index contributed by atoms with van der Waals surface area (Å²) in [4.78, 5) is 37.3. The largest absolute Gasteiger partial charge is 0.434 e. The molecule has 0 radical (unpaired) electrons. The zero-order valence-electron chi connectivity index (χ0n) is 14.5. The summed E-state index contributed by atoms with van der Waals surface area (Å²) < 4.78 is 6.95. The van der Waals surface area contributed by atoms with E-state index in [9.17, 15) is 14.4 Å². The van der Waals surface area contributed by atoms with Crippen LogP contribution < -0.4 is 21.5 Å². The van der Waals surface area contributed by atoms with Crippen molar-refractivity contribution in [2.75, 3.05) is 0 Å². The second kappa shape index (κ2) is 6.92. The first-order valence-electron chi connectivity index (χ1n) is 8.28. The van der Waals surface area contributed by atoms with Crippen LogP contribution in [0.2, 0.25) is 10.0 Å². The monoisotopic (exact) mass is 421 g/mol. The van der Waals surface area contributed by atoms with E-state index in [1.807, 2.05) is 0 Å². The van der Waals surface area contributed by atoms with Gasteiger partial charge >= 0.3 is 5.69 Å². The Kier molecular flexibility index (Phi) is 4.56. The van der Waals surface area contributed by atoms with E-state index in [4.69, 9.17) is 27.9 Å². The molecule has 1 aliphatic rings. The molecule has 0 amide bonds. The van der Waals surface area contributed by atoms with E-state index in [1.165, 1.54) is 16.8 Å². The van der Waals surface area contributed by atoms with E-state index in [2.05, 4.69) is 20.3 Å². The molecule has 11 heteroatoms. The quantitative estimate of drug-likeness (QED) is 0.665. The molecule has 144 valence electrons. The van der Waals surface area contributed by atoms with Gasteiger partial charge in [-0.15, -0.1) is 5.10 Å². The molecule has 1 fully saturated rings. The van der Waals surface area contributed by atoms with Gasteiger partial charge in [0.25, 0.3) is 11.1 Å². The topological polar surface area (TPSA) is 123 Å². The third-order valence-corrected chi connectivity index (χ3v) is 4.84. The maximum absolute atomic E-state index is 12.2. The summed E-state index contributed by atoms with van der Waals surface area (Å²) in [5.74, 6) is 0.525. The highest BCUT2D eigenvalue weighted by molar-refractivity contribution is 6.37. The van der Waals surface area contributed by atoms with Crippen molar-refractivity contribution in [3.8, 4) is 22.9 Å². The van der Waals surface area contributed by atoms with Crippen LogP contribution in [0, 0.1) is 0 Å². The van der Waals surface area contributed by atoms with E-state index in [1.54, 1.807) is 13.1 Å². The van der Waals surface area contributed by atoms with Crippen molar-refractivity contribution in [2.45, 2.75) is 18.8 Å². The Bertz CT molecular complexity index is 1240. The minimum absolute atomic E-state index is 0.0498. The minimum atomic E-state index is -0.724. The van der Waals surface area contributed by atoms with Crippen LogP contribution in [0.15, 0.2) is 32.6 Å². The number of hydrogen-bond acceptors (Lipinski definition) is 6. The number of halogens is 2. The Balaban J connectivity index is 1.73. The molecule has 4 rings (SSSR count). The van der Waals surface area contributed by atoms with Gasteiger partial charge in [0.1, 0.15) is 0 Å². The SMILES string of the molecule is Cn1nc(Oc2c(Cl)cc(-c3n[nH]c(=O)[nH]c3=O)cc2Cl)cc(C2CC2)c1=O. The molecule has 9 nitrogen and oxygen atoms in total. The van der Waals surface area contributed by atoms with Crippen LogP contribution >= 0.6 is 23.2 Å². The molecule has 1 aliphatic carbocycles. The van der Waals surface area contributed by atoms with Gasteiger partial charge in [-0.1, -0.05) is 23.2 Å². The van der Waals surface area contributed by atoms with Crippen LogP contribution in [0.1, 0.15) is 24.3 Å². The highest BCUT2D eigenvalue weighted by Crippen LogP contribution is 2.41. The molecule has 0 spiro atoms. The lowest BCUT2D eigenvalue weighted by molar-refractivity contribution is 0.438. The predicted octanol–water partition coefficient (Wildman–Crippen LogP) is 2.20. The van der Waals surface area contributed by atoms with Crippen molar-refractivity contribution in [1.29, 1.82) is 0 Å². The molecule has 0 saturated heterocycles. The number of hydrogen-bond donors (Lipinski definition) is 2. The van der Waals surface area contributed by atoms with Gasteiger partial charge < -0.3 is 4.74 Å². The molecule has 3 aromatic rings. The van der Waals surface area contributed by atoms with E-state index in [-0.39, 0.29) is 38.8 Å². The number of H-pyrrole nitrogens is 2.